The topological polar surface area (TPSA) is 67.3 Å². The van der Waals surface area contributed by atoms with Crippen LogP contribution in [0.5, 0.6) is 5.88 Å². The Hall–Kier alpha value is -1.36. The van der Waals surface area contributed by atoms with Crippen molar-refractivity contribution >= 4 is 5.82 Å². The van der Waals surface area contributed by atoms with Crippen LogP contribution in [0.3, 0.4) is 0 Å². The van der Waals surface area contributed by atoms with E-state index in [1.165, 1.54) is 6.33 Å². The van der Waals surface area contributed by atoms with E-state index in [2.05, 4.69) is 15.3 Å². The molecule has 0 amide bonds. The van der Waals surface area contributed by atoms with Gasteiger partial charge in [0.1, 0.15) is 12.1 Å². The number of ether oxygens (including phenoxy) is 1. The lowest BCUT2D eigenvalue weighted by Gasteiger charge is -2.11. The number of hydrogen-bond acceptors (Lipinski definition) is 5. The van der Waals surface area contributed by atoms with E-state index in [4.69, 9.17) is 9.84 Å². The van der Waals surface area contributed by atoms with Gasteiger partial charge in [0.15, 0.2) is 0 Å². The minimum absolute atomic E-state index is 0.0281. The first-order valence-electron chi connectivity index (χ1n) is 3.99. The normalized spacial score (nSPS) is 12.2. The molecule has 0 aliphatic carbocycles. The average molecular weight is 183 g/mol. The molecule has 2 N–H and O–H groups in total. The number of aliphatic hydroxyl groups is 1. The van der Waals surface area contributed by atoms with Crippen LogP contribution in [0.1, 0.15) is 6.92 Å². The Morgan fingerprint density at radius 2 is 2.38 bits per heavy atom. The molecular weight excluding hydrogens is 170 g/mol. The van der Waals surface area contributed by atoms with Crippen LogP contribution in [-0.4, -0.2) is 34.8 Å². The van der Waals surface area contributed by atoms with Gasteiger partial charge in [0.25, 0.3) is 0 Å². The number of hydrogen-bond donors (Lipinski definition) is 2. The summed E-state index contributed by atoms with van der Waals surface area (Å²) in [6.45, 7) is 1.92. The van der Waals surface area contributed by atoms with Crippen molar-refractivity contribution in [2.75, 3.05) is 19.0 Å². The summed E-state index contributed by atoms with van der Waals surface area (Å²) in [6, 6.07) is 1.64. The van der Waals surface area contributed by atoms with Gasteiger partial charge in [-0.1, -0.05) is 0 Å². The molecule has 0 aromatic carbocycles. The molecule has 13 heavy (non-hydrogen) atoms. The average Bonchev–Trinajstić information content (AvgIpc) is 2.18. The van der Waals surface area contributed by atoms with E-state index in [1.54, 1.807) is 13.2 Å². The van der Waals surface area contributed by atoms with Gasteiger partial charge in [-0.15, -0.1) is 0 Å². The molecule has 0 fully saturated rings. The summed E-state index contributed by atoms with van der Waals surface area (Å²) < 4.78 is 4.92. The first-order valence-corrected chi connectivity index (χ1v) is 3.99. The monoisotopic (exact) mass is 183 g/mol. The molecule has 1 aromatic rings. The first-order chi connectivity index (χ1) is 6.26. The molecule has 5 nitrogen and oxygen atoms in total. The highest BCUT2D eigenvalue weighted by atomic mass is 16.5. The molecule has 0 spiro atoms. The summed E-state index contributed by atoms with van der Waals surface area (Å²) in [5.74, 6) is 1.15. The fraction of sp³-hybridized carbons (Fsp3) is 0.500. The molecule has 1 rings (SSSR count). The van der Waals surface area contributed by atoms with Crippen molar-refractivity contribution in [3.05, 3.63) is 12.4 Å². The van der Waals surface area contributed by atoms with Crippen molar-refractivity contribution in [2.24, 2.45) is 0 Å². The van der Waals surface area contributed by atoms with Crippen LogP contribution in [0, 0.1) is 0 Å². The maximum atomic E-state index is 8.79. The zero-order chi connectivity index (χ0) is 9.68. The van der Waals surface area contributed by atoms with E-state index in [0.29, 0.717) is 11.7 Å². The van der Waals surface area contributed by atoms with Gasteiger partial charge in [0, 0.05) is 12.1 Å². The Bertz CT molecular complexity index is 267. The summed E-state index contributed by atoms with van der Waals surface area (Å²) in [5, 5.41) is 11.8. The van der Waals surface area contributed by atoms with Gasteiger partial charge in [-0.2, -0.15) is 0 Å². The molecule has 0 radical (unpaired) electrons. The van der Waals surface area contributed by atoms with Crippen molar-refractivity contribution in [1.29, 1.82) is 0 Å². The number of anilines is 1. The van der Waals surface area contributed by atoms with Crippen molar-refractivity contribution in [1.82, 2.24) is 9.97 Å². The lowest BCUT2D eigenvalue weighted by Crippen LogP contribution is -2.20. The summed E-state index contributed by atoms with van der Waals surface area (Å²) in [6.07, 6.45) is 1.41. The van der Waals surface area contributed by atoms with Crippen molar-refractivity contribution < 1.29 is 9.84 Å². The summed E-state index contributed by atoms with van der Waals surface area (Å²) in [7, 11) is 1.54. The van der Waals surface area contributed by atoms with Crippen LogP contribution in [0.15, 0.2) is 12.4 Å². The van der Waals surface area contributed by atoms with Crippen LogP contribution in [0.2, 0.25) is 0 Å². The van der Waals surface area contributed by atoms with Gasteiger partial charge >= 0.3 is 0 Å². The molecule has 0 saturated heterocycles. The van der Waals surface area contributed by atoms with Gasteiger partial charge < -0.3 is 15.2 Å². The van der Waals surface area contributed by atoms with Gasteiger partial charge in [-0.3, -0.25) is 0 Å². The summed E-state index contributed by atoms with van der Waals surface area (Å²) >= 11 is 0. The minimum atomic E-state index is -0.0281. The smallest absolute Gasteiger partial charge is 0.218 e. The van der Waals surface area contributed by atoms with E-state index in [1.807, 2.05) is 6.92 Å². The highest BCUT2D eigenvalue weighted by Crippen LogP contribution is 2.10. The Labute approximate surface area is 76.8 Å². The maximum absolute atomic E-state index is 8.79. The molecule has 0 bridgehead atoms. The number of methoxy groups -OCH3 is 1. The Morgan fingerprint density at radius 3 is 3.00 bits per heavy atom. The number of nitrogens with one attached hydrogen (secondary N) is 1. The third kappa shape index (κ3) is 2.87. The third-order valence-electron chi connectivity index (χ3n) is 1.52. The fourth-order valence-corrected chi connectivity index (χ4v) is 0.828. The first kappa shape index (κ1) is 9.73. The lowest BCUT2D eigenvalue weighted by molar-refractivity contribution is 0.281. The van der Waals surface area contributed by atoms with E-state index < -0.39 is 0 Å². The standard InChI is InChI=1S/C8H13N3O2/c1-6(4-12)11-7-3-8(13-2)10-5-9-7/h3,5-6,12H,4H2,1-2H3,(H,9,10,11)/t6-/m0/s1. The van der Waals surface area contributed by atoms with E-state index in [0.717, 1.165) is 0 Å². The Kier molecular flexibility index (Phi) is 3.45. The van der Waals surface area contributed by atoms with Crippen LogP contribution in [0.25, 0.3) is 0 Å². The number of nitrogens with zero attached hydrogens (tertiary/aromatic N) is 2. The molecule has 0 unspecified atom stereocenters. The van der Waals surface area contributed by atoms with Gasteiger partial charge in [0.05, 0.1) is 13.7 Å². The van der Waals surface area contributed by atoms with Crippen molar-refractivity contribution in [3.63, 3.8) is 0 Å². The van der Waals surface area contributed by atoms with Crippen LogP contribution >= 0.6 is 0 Å². The second-order valence-corrected chi connectivity index (χ2v) is 2.67. The molecule has 0 aliphatic rings. The summed E-state index contributed by atoms with van der Waals surface area (Å²) in [5.41, 5.74) is 0. The zero-order valence-corrected chi connectivity index (χ0v) is 7.69. The van der Waals surface area contributed by atoms with Gasteiger partial charge in [0.2, 0.25) is 5.88 Å². The van der Waals surface area contributed by atoms with E-state index in [-0.39, 0.29) is 12.6 Å². The molecule has 1 aromatic heterocycles. The predicted octanol–water partition coefficient (Wildman–Crippen LogP) is 0.278. The molecule has 1 atom stereocenters. The van der Waals surface area contributed by atoms with E-state index in [9.17, 15) is 0 Å². The number of rotatable bonds is 4. The molecule has 0 aliphatic heterocycles. The predicted molar refractivity (Wildman–Crippen MR) is 48.8 cm³/mol. The fourth-order valence-electron chi connectivity index (χ4n) is 0.828. The highest BCUT2D eigenvalue weighted by Gasteiger charge is 2.01. The second-order valence-electron chi connectivity index (χ2n) is 2.67. The molecule has 0 saturated carbocycles. The number of aromatic nitrogens is 2. The molecule has 1 heterocycles. The summed E-state index contributed by atoms with van der Waals surface area (Å²) in [4.78, 5) is 7.82. The highest BCUT2D eigenvalue weighted by molar-refractivity contribution is 5.37. The van der Waals surface area contributed by atoms with Crippen molar-refractivity contribution in [2.45, 2.75) is 13.0 Å². The van der Waals surface area contributed by atoms with Gasteiger partial charge in [-0.05, 0) is 6.92 Å². The largest absolute Gasteiger partial charge is 0.481 e. The Balaban J connectivity index is 2.66. The Morgan fingerprint density at radius 1 is 1.62 bits per heavy atom. The SMILES string of the molecule is COc1cc(N[C@@H](C)CO)ncn1. The van der Waals surface area contributed by atoms with Gasteiger partial charge in [-0.25, -0.2) is 9.97 Å². The molecule has 5 heteroatoms. The lowest BCUT2D eigenvalue weighted by atomic mass is 10.3. The van der Waals surface area contributed by atoms with Crippen LogP contribution in [-0.2, 0) is 0 Å². The molecule has 72 valence electrons. The van der Waals surface area contributed by atoms with Crippen LogP contribution in [0.4, 0.5) is 5.82 Å². The third-order valence-corrected chi connectivity index (χ3v) is 1.52. The van der Waals surface area contributed by atoms with Crippen molar-refractivity contribution in [3.8, 4) is 5.88 Å². The van der Waals surface area contributed by atoms with Crippen LogP contribution < -0.4 is 10.1 Å². The maximum Gasteiger partial charge on any atom is 0.218 e. The zero-order valence-electron chi connectivity index (χ0n) is 7.69. The molecular formula is C8H13N3O2. The van der Waals surface area contributed by atoms with E-state index >= 15 is 0 Å². The second kappa shape index (κ2) is 4.61. The minimum Gasteiger partial charge on any atom is -0.481 e. The number of aliphatic hydroxyl groups excluding tert-OH is 1. The quantitative estimate of drug-likeness (QED) is 0.701.